The average Bonchev–Trinajstić information content (AvgIpc) is 2.51. The van der Waals surface area contributed by atoms with Crippen LogP contribution in [0.1, 0.15) is 43.3 Å². The van der Waals surface area contributed by atoms with E-state index in [9.17, 15) is 0 Å². The number of nitrogens with zero attached hydrogens (tertiary/aromatic N) is 2. The van der Waals surface area contributed by atoms with Crippen molar-refractivity contribution in [3.63, 3.8) is 0 Å². The highest BCUT2D eigenvalue weighted by atomic mass is 32.1. The number of thiol groups is 1. The SMILES string of the molecule is CCC(N)c1nnc(C(C)S)o1. The average molecular weight is 187 g/mol. The molecule has 1 aromatic rings. The normalized spacial score (nSPS) is 16.0. The predicted octanol–water partition coefficient (Wildman–Crippen LogP) is 1.47. The van der Waals surface area contributed by atoms with E-state index in [1.165, 1.54) is 0 Å². The molecule has 1 aromatic heterocycles. The molecule has 2 atom stereocenters. The molecule has 0 fully saturated rings. The topological polar surface area (TPSA) is 64.9 Å². The molecule has 0 saturated carbocycles. The first kappa shape index (κ1) is 9.54. The molecule has 5 heteroatoms. The van der Waals surface area contributed by atoms with Crippen molar-refractivity contribution in [1.29, 1.82) is 0 Å². The molecule has 12 heavy (non-hydrogen) atoms. The van der Waals surface area contributed by atoms with Crippen LogP contribution in [0.2, 0.25) is 0 Å². The monoisotopic (exact) mass is 187 g/mol. The summed E-state index contributed by atoms with van der Waals surface area (Å²) in [6.07, 6.45) is 0.794. The first-order valence-corrected chi connectivity index (χ1v) is 4.43. The molecule has 4 nitrogen and oxygen atoms in total. The lowest BCUT2D eigenvalue weighted by atomic mass is 10.2. The van der Waals surface area contributed by atoms with Gasteiger partial charge in [0.15, 0.2) is 0 Å². The third kappa shape index (κ3) is 1.98. The first-order chi connectivity index (χ1) is 5.65. The van der Waals surface area contributed by atoms with Crippen molar-refractivity contribution < 1.29 is 4.42 Å². The van der Waals surface area contributed by atoms with Gasteiger partial charge in [0.05, 0.1) is 11.3 Å². The van der Waals surface area contributed by atoms with Crippen molar-refractivity contribution in [1.82, 2.24) is 10.2 Å². The minimum Gasteiger partial charge on any atom is -0.422 e. The quantitative estimate of drug-likeness (QED) is 0.703. The van der Waals surface area contributed by atoms with Gasteiger partial charge >= 0.3 is 0 Å². The van der Waals surface area contributed by atoms with Crippen LogP contribution in [-0.4, -0.2) is 10.2 Å². The van der Waals surface area contributed by atoms with Crippen LogP contribution in [0.3, 0.4) is 0 Å². The number of nitrogens with two attached hydrogens (primary N) is 1. The second-order valence-corrected chi connectivity index (χ2v) is 3.44. The van der Waals surface area contributed by atoms with Gasteiger partial charge in [-0.05, 0) is 13.3 Å². The number of aromatic nitrogens is 2. The Morgan fingerprint density at radius 2 is 2.08 bits per heavy atom. The molecule has 1 heterocycles. The Morgan fingerprint density at radius 1 is 1.50 bits per heavy atom. The van der Waals surface area contributed by atoms with Gasteiger partial charge in [-0.25, -0.2) is 0 Å². The molecule has 0 radical (unpaired) electrons. The molecule has 2 N–H and O–H groups in total. The first-order valence-electron chi connectivity index (χ1n) is 3.92. The molecule has 0 aliphatic carbocycles. The maximum atomic E-state index is 5.69. The molecule has 0 aromatic carbocycles. The third-order valence-electron chi connectivity index (χ3n) is 1.57. The fourth-order valence-electron chi connectivity index (χ4n) is 0.740. The zero-order chi connectivity index (χ0) is 9.14. The minimum absolute atomic E-state index is 0.0321. The zero-order valence-corrected chi connectivity index (χ0v) is 8.08. The van der Waals surface area contributed by atoms with Crippen molar-refractivity contribution >= 4 is 12.6 Å². The summed E-state index contributed by atoms with van der Waals surface area (Å²) in [5.41, 5.74) is 5.69. The van der Waals surface area contributed by atoms with E-state index in [-0.39, 0.29) is 11.3 Å². The van der Waals surface area contributed by atoms with Gasteiger partial charge in [0.1, 0.15) is 0 Å². The Morgan fingerprint density at radius 3 is 2.50 bits per heavy atom. The summed E-state index contributed by atoms with van der Waals surface area (Å²) in [7, 11) is 0. The van der Waals surface area contributed by atoms with Gasteiger partial charge < -0.3 is 10.2 Å². The molecule has 0 spiro atoms. The Bertz CT molecular complexity index is 249. The summed E-state index contributed by atoms with van der Waals surface area (Å²) in [5, 5.41) is 7.60. The van der Waals surface area contributed by atoms with Crippen LogP contribution in [0.5, 0.6) is 0 Å². The lowest BCUT2D eigenvalue weighted by molar-refractivity contribution is 0.415. The van der Waals surface area contributed by atoms with Crippen molar-refractivity contribution in [2.75, 3.05) is 0 Å². The fourth-order valence-corrected chi connectivity index (χ4v) is 0.844. The molecule has 1 rings (SSSR count). The predicted molar refractivity (Wildman–Crippen MR) is 48.9 cm³/mol. The molecular weight excluding hydrogens is 174 g/mol. The minimum atomic E-state index is -0.154. The molecule has 0 bridgehead atoms. The van der Waals surface area contributed by atoms with Crippen molar-refractivity contribution in [3.05, 3.63) is 11.8 Å². The summed E-state index contributed by atoms with van der Waals surface area (Å²) in [6.45, 7) is 3.84. The van der Waals surface area contributed by atoms with E-state index in [0.717, 1.165) is 6.42 Å². The Balaban J connectivity index is 2.77. The van der Waals surface area contributed by atoms with Gasteiger partial charge in [-0.1, -0.05) is 6.92 Å². The highest BCUT2D eigenvalue weighted by molar-refractivity contribution is 7.80. The highest BCUT2D eigenvalue weighted by Gasteiger charge is 2.14. The standard InChI is InChI=1S/C7H13N3OS/c1-3-5(8)7-10-9-6(11-7)4(2)12/h4-5,12H,3,8H2,1-2H3. The molecule has 0 aliphatic rings. The molecule has 2 unspecified atom stereocenters. The molecule has 0 aliphatic heterocycles. The van der Waals surface area contributed by atoms with Gasteiger partial charge in [0, 0.05) is 0 Å². The van der Waals surface area contributed by atoms with Gasteiger partial charge in [-0.2, -0.15) is 12.6 Å². The summed E-state index contributed by atoms with van der Waals surface area (Å²) >= 11 is 4.16. The van der Waals surface area contributed by atoms with E-state index >= 15 is 0 Å². The van der Waals surface area contributed by atoms with E-state index in [1.807, 2.05) is 13.8 Å². The number of rotatable bonds is 3. The third-order valence-corrected chi connectivity index (χ3v) is 1.79. The highest BCUT2D eigenvalue weighted by Crippen LogP contribution is 2.19. The van der Waals surface area contributed by atoms with E-state index in [0.29, 0.717) is 11.8 Å². The maximum absolute atomic E-state index is 5.69. The smallest absolute Gasteiger partial charge is 0.233 e. The van der Waals surface area contributed by atoms with Crippen molar-refractivity contribution in [2.24, 2.45) is 5.73 Å². The van der Waals surface area contributed by atoms with Crippen LogP contribution >= 0.6 is 12.6 Å². The van der Waals surface area contributed by atoms with Crippen LogP contribution in [0.15, 0.2) is 4.42 Å². The number of hydrogen-bond donors (Lipinski definition) is 2. The summed E-state index contributed by atoms with van der Waals surface area (Å²) in [5.74, 6) is 1.02. The van der Waals surface area contributed by atoms with Gasteiger partial charge in [0.25, 0.3) is 0 Å². The lowest BCUT2D eigenvalue weighted by Gasteiger charge is -2.00. The summed E-state index contributed by atoms with van der Waals surface area (Å²) < 4.78 is 5.27. The Hall–Kier alpha value is -0.550. The fraction of sp³-hybridized carbons (Fsp3) is 0.714. The van der Waals surface area contributed by atoms with E-state index in [1.54, 1.807) is 0 Å². The van der Waals surface area contributed by atoms with Crippen LogP contribution in [0.25, 0.3) is 0 Å². The molecular formula is C7H13N3OS. The Labute approximate surface area is 77.0 Å². The van der Waals surface area contributed by atoms with Crippen molar-refractivity contribution in [2.45, 2.75) is 31.6 Å². The van der Waals surface area contributed by atoms with E-state index < -0.39 is 0 Å². The molecule has 68 valence electrons. The largest absolute Gasteiger partial charge is 0.422 e. The molecule has 0 amide bonds. The lowest BCUT2D eigenvalue weighted by Crippen LogP contribution is -2.08. The van der Waals surface area contributed by atoms with Gasteiger partial charge in [-0.3, -0.25) is 0 Å². The summed E-state index contributed by atoms with van der Waals surface area (Å²) in [6, 6.07) is -0.154. The van der Waals surface area contributed by atoms with Crippen molar-refractivity contribution in [3.8, 4) is 0 Å². The second kappa shape index (κ2) is 3.91. The van der Waals surface area contributed by atoms with Crippen LogP contribution < -0.4 is 5.73 Å². The Kier molecular flexibility index (Phi) is 3.11. The van der Waals surface area contributed by atoms with Gasteiger partial charge in [-0.15, -0.1) is 10.2 Å². The second-order valence-electron chi connectivity index (χ2n) is 2.67. The molecule has 0 saturated heterocycles. The van der Waals surface area contributed by atoms with Crippen LogP contribution in [-0.2, 0) is 0 Å². The van der Waals surface area contributed by atoms with E-state index in [4.69, 9.17) is 10.2 Å². The number of hydrogen-bond acceptors (Lipinski definition) is 5. The summed E-state index contributed by atoms with van der Waals surface area (Å²) in [4.78, 5) is 0. The van der Waals surface area contributed by atoms with Crippen LogP contribution in [0, 0.1) is 0 Å². The van der Waals surface area contributed by atoms with Gasteiger partial charge in [0.2, 0.25) is 11.8 Å². The van der Waals surface area contributed by atoms with Crippen LogP contribution in [0.4, 0.5) is 0 Å². The zero-order valence-electron chi connectivity index (χ0n) is 7.19. The van der Waals surface area contributed by atoms with E-state index in [2.05, 4.69) is 22.8 Å². The maximum Gasteiger partial charge on any atom is 0.233 e.